The van der Waals surface area contributed by atoms with Gasteiger partial charge in [0.05, 0.1) is 11.6 Å². The molecule has 0 bridgehead atoms. The number of nitrogens with zero attached hydrogens (tertiary/aromatic N) is 1. The second kappa shape index (κ2) is 4.45. The third kappa shape index (κ3) is 2.18. The first-order valence-corrected chi connectivity index (χ1v) is 5.27. The van der Waals surface area contributed by atoms with E-state index in [9.17, 15) is 4.79 Å². The topological polar surface area (TPSA) is 61.1 Å². The maximum Gasteiger partial charge on any atom is 0.324 e. The summed E-state index contributed by atoms with van der Waals surface area (Å²) < 4.78 is -1.05. The van der Waals surface area contributed by atoms with Crippen molar-refractivity contribution in [2.24, 2.45) is 0 Å². The van der Waals surface area contributed by atoms with Crippen molar-refractivity contribution in [1.29, 1.82) is 5.26 Å². The number of halogens is 1. The molecule has 0 fully saturated rings. The highest BCUT2D eigenvalue weighted by molar-refractivity contribution is 9.10. The molecule has 0 radical (unpaired) electrons. The lowest BCUT2D eigenvalue weighted by Gasteiger charge is -2.21. The molecule has 1 atom stereocenters. The Labute approximate surface area is 96.5 Å². The molecule has 78 valence electrons. The van der Waals surface area contributed by atoms with Crippen molar-refractivity contribution in [3.05, 3.63) is 35.4 Å². The van der Waals surface area contributed by atoms with Gasteiger partial charge in [-0.1, -0.05) is 35.0 Å². The SMILES string of the molecule is CCC(Br)(C(=O)O)c1ccc(C#N)cc1. The number of carboxylic acid groups (broad SMARTS) is 1. The van der Waals surface area contributed by atoms with Crippen LogP contribution in [0.1, 0.15) is 24.5 Å². The molecule has 0 aliphatic carbocycles. The van der Waals surface area contributed by atoms with Crippen molar-refractivity contribution < 1.29 is 9.90 Å². The number of hydrogen-bond acceptors (Lipinski definition) is 2. The zero-order chi connectivity index (χ0) is 11.5. The molecule has 1 rings (SSSR count). The van der Waals surface area contributed by atoms with Gasteiger partial charge < -0.3 is 5.11 Å². The fourth-order valence-electron chi connectivity index (χ4n) is 1.29. The van der Waals surface area contributed by atoms with Gasteiger partial charge in [-0.3, -0.25) is 4.79 Å². The Kier molecular flexibility index (Phi) is 3.48. The lowest BCUT2D eigenvalue weighted by atomic mass is 9.95. The molecule has 1 N–H and O–H groups in total. The fraction of sp³-hybridized carbons (Fsp3) is 0.273. The number of aliphatic carboxylic acids is 1. The van der Waals surface area contributed by atoms with Crippen molar-refractivity contribution in [2.45, 2.75) is 17.7 Å². The molecule has 0 aromatic heterocycles. The van der Waals surface area contributed by atoms with Gasteiger partial charge in [-0.15, -0.1) is 0 Å². The molecule has 3 nitrogen and oxygen atoms in total. The van der Waals surface area contributed by atoms with Crippen molar-refractivity contribution in [1.82, 2.24) is 0 Å². The van der Waals surface area contributed by atoms with E-state index in [1.807, 2.05) is 6.07 Å². The summed E-state index contributed by atoms with van der Waals surface area (Å²) >= 11 is 3.22. The fourth-order valence-corrected chi connectivity index (χ4v) is 1.55. The van der Waals surface area contributed by atoms with E-state index in [0.29, 0.717) is 17.5 Å². The summed E-state index contributed by atoms with van der Waals surface area (Å²) in [5, 5.41) is 17.7. The van der Waals surface area contributed by atoms with Gasteiger partial charge in [0, 0.05) is 0 Å². The third-order valence-electron chi connectivity index (χ3n) is 2.30. The second-order valence-electron chi connectivity index (χ2n) is 3.15. The lowest BCUT2D eigenvalue weighted by molar-refractivity contribution is -0.140. The number of hydrogen-bond donors (Lipinski definition) is 1. The molecule has 0 heterocycles. The Hall–Kier alpha value is -1.34. The maximum atomic E-state index is 11.1. The quantitative estimate of drug-likeness (QED) is 0.857. The number of benzene rings is 1. The standard InChI is InChI=1S/C11H10BrNO2/c1-2-11(12,10(14)15)9-5-3-8(7-13)4-6-9/h3-6H,2H2,1H3,(H,14,15). The van der Waals surface area contributed by atoms with Crippen LogP contribution in [-0.2, 0) is 9.12 Å². The lowest BCUT2D eigenvalue weighted by Crippen LogP contribution is -2.28. The average molecular weight is 268 g/mol. The molecule has 0 saturated carbocycles. The number of rotatable bonds is 3. The first-order valence-electron chi connectivity index (χ1n) is 4.47. The molecule has 4 heteroatoms. The van der Waals surface area contributed by atoms with E-state index < -0.39 is 10.3 Å². The number of nitriles is 1. The molecule has 1 aromatic carbocycles. The Balaban J connectivity index is 3.15. The Bertz CT molecular complexity index is 408. The van der Waals surface area contributed by atoms with Gasteiger partial charge in [0.1, 0.15) is 4.32 Å². The van der Waals surface area contributed by atoms with E-state index >= 15 is 0 Å². The highest BCUT2D eigenvalue weighted by Gasteiger charge is 2.35. The van der Waals surface area contributed by atoms with E-state index in [1.165, 1.54) is 0 Å². The van der Waals surface area contributed by atoms with Crippen molar-refractivity contribution in [3.63, 3.8) is 0 Å². The first kappa shape index (κ1) is 11.7. The first-order chi connectivity index (χ1) is 7.04. The zero-order valence-corrected chi connectivity index (χ0v) is 9.78. The van der Waals surface area contributed by atoms with E-state index in [1.54, 1.807) is 31.2 Å². The minimum atomic E-state index is -1.05. The van der Waals surface area contributed by atoms with Crippen molar-refractivity contribution in [2.75, 3.05) is 0 Å². The van der Waals surface area contributed by atoms with Gasteiger partial charge in [0.25, 0.3) is 0 Å². The van der Waals surface area contributed by atoms with Crippen molar-refractivity contribution >= 4 is 21.9 Å². The predicted octanol–water partition coefficient (Wildman–Crippen LogP) is 2.64. The van der Waals surface area contributed by atoms with Gasteiger partial charge in [-0.2, -0.15) is 5.26 Å². The Morgan fingerprint density at radius 1 is 1.53 bits per heavy atom. The van der Waals surface area contributed by atoms with E-state index in [0.717, 1.165) is 0 Å². The summed E-state index contributed by atoms with van der Waals surface area (Å²) in [6, 6.07) is 8.54. The Morgan fingerprint density at radius 2 is 2.07 bits per heavy atom. The molecule has 0 aliphatic heterocycles. The van der Waals surface area contributed by atoms with E-state index in [-0.39, 0.29) is 0 Å². The van der Waals surface area contributed by atoms with Gasteiger partial charge in [0.15, 0.2) is 0 Å². The molecule has 0 spiro atoms. The average Bonchev–Trinajstić information content (AvgIpc) is 2.28. The van der Waals surface area contributed by atoms with Crippen LogP contribution in [0.4, 0.5) is 0 Å². The summed E-state index contributed by atoms with van der Waals surface area (Å²) in [5.74, 6) is -0.922. The van der Waals surface area contributed by atoms with Gasteiger partial charge in [-0.25, -0.2) is 0 Å². The third-order valence-corrected chi connectivity index (χ3v) is 3.66. The van der Waals surface area contributed by atoms with Gasteiger partial charge in [-0.05, 0) is 24.1 Å². The molecule has 1 unspecified atom stereocenters. The maximum absolute atomic E-state index is 11.1. The van der Waals surface area contributed by atoms with Crippen LogP contribution in [0.3, 0.4) is 0 Å². The van der Waals surface area contributed by atoms with Gasteiger partial charge in [0.2, 0.25) is 0 Å². The molecule has 1 aromatic rings. The summed E-state index contributed by atoms with van der Waals surface area (Å²) in [5.41, 5.74) is 1.17. The largest absolute Gasteiger partial charge is 0.480 e. The molecular weight excluding hydrogens is 258 g/mol. The summed E-state index contributed by atoms with van der Waals surface area (Å²) in [6.07, 6.45) is 0.439. The zero-order valence-electron chi connectivity index (χ0n) is 8.20. The number of alkyl halides is 1. The highest BCUT2D eigenvalue weighted by Crippen LogP contribution is 2.35. The highest BCUT2D eigenvalue weighted by atomic mass is 79.9. The van der Waals surface area contributed by atoms with E-state index in [2.05, 4.69) is 15.9 Å². The van der Waals surface area contributed by atoms with Crippen molar-refractivity contribution in [3.8, 4) is 6.07 Å². The number of carboxylic acids is 1. The van der Waals surface area contributed by atoms with Crippen LogP contribution in [0.2, 0.25) is 0 Å². The monoisotopic (exact) mass is 267 g/mol. The number of carbonyl (C=O) groups is 1. The smallest absolute Gasteiger partial charge is 0.324 e. The molecule has 0 amide bonds. The summed E-state index contributed by atoms with van der Waals surface area (Å²) in [4.78, 5) is 11.1. The molecular formula is C11H10BrNO2. The Morgan fingerprint density at radius 3 is 2.40 bits per heavy atom. The van der Waals surface area contributed by atoms with Crippen LogP contribution in [0, 0.1) is 11.3 Å². The summed E-state index contributed by atoms with van der Waals surface area (Å²) in [7, 11) is 0. The second-order valence-corrected chi connectivity index (χ2v) is 4.50. The predicted molar refractivity (Wildman–Crippen MR) is 59.7 cm³/mol. The van der Waals surface area contributed by atoms with Crippen LogP contribution in [0.15, 0.2) is 24.3 Å². The van der Waals surface area contributed by atoms with E-state index in [4.69, 9.17) is 10.4 Å². The van der Waals surface area contributed by atoms with Crippen LogP contribution < -0.4 is 0 Å². The van der Waals surface area contributed by atoms with Crippen LogP contribution in [0.5, 0.6) is 0 Å². The minimum Gasteiger partial charge on any atom is -0.480 e. The van der Waals surface area contributed by atoms with Crippen LogP contribution in [0.25, 0.3) is 0 Å². The molecule has 15 heavy (non-hydrogen) atoms. The summed E-state index contributed by atoms with van der Waals surface area (Å²) in [6.45, 7) is 1.79. The molecule has 0 aliphatic rings. The van der Waals surface area contributed by atoms with Crippen LogP contribution >= 0.6 is 15.9 Å². The minimum absolute atomic E-state index is 0.439. The van der Waals surface area contributed by atoms with Gasteiger partial charge >= 0.3 is 5.97 Å². The molecule has 0 saturated heterocycles. The normalized spacial score (nSPS) is 13.9. The van der Waals surface area contributed by atoms with Crippen LogP contribution in [-0.4, -0.2) is 11.1 Å².